The van der Waals surface area contributed by atoms with E-state index in [0.717, 1.165) is 38.7 Å². The number of nitrogens with one attached hydrogen (secondary N) is 2. The van der Waals surface area contributed by atoms with Crippen LogP contribution in [0.15, 0.2) is 41.3 Å². The van der Waals surface area contributed by atoms with Gasteiger partial charge in [0, 0.05) is 27.6 Å². The Hall–Kier alpha value is -2.59. The van der Waals surface area contributed by atoms with Crippen LogP contribution in [0.3, 0.4) is 0 Å². The van der Waals surface area contributed by atoms with Gasteiger partial charge in [0.1, 0.15) is 10.8 Å². The first-order valence-corrected chi connectivity index (χ1v) is 11.0. The number of nitrogens with zero attached hydrogens (tertiary/aromatic N) is 1. The molecule has 0 spiro atoms. The lowest BCUT2D eigenvalue weighted by Gasteiger charge is -2.09. The number of thiazole rings is 1. The zero-order chi connectivity index (χ0) is 22.8. The molecule has 10 heteroatoms. The Balaban J connectivity index is 1.71. The first-order valence-electron chi connectivity index (χ1n) is 9.18. The molecular formula is C21H20F4N4S2. The van der Waals surface area contributed by atoms with Crippen molar-refractivity contribution in [3.8, 4) is 10.6 Å². The quantitative estimate of drug-likeness (QED) is 0.183. The van der Waals surface area contributed by atoms with Crippen molar-refractivity contribution in [2.45, 2.75) is 37.2 Å². The van der Waals surface area contributed by atoms with Crippen LogP contribution in [0, 0.1) is 25.1 Å². The van der Waals surface area contributed by atoms with Gasteiger partial charge >= 0.3 is 6.18 Å². The summed E-state index contributed by atoms with van der Waals surface area (Å²) in [4.78, 5) is 6.44. The fraction of sp³-hybridized carbons (Fsp3) is 0.238. The van der Waals surface area contributed by atoms with Crippen molar-refractivity contribution in [1.82, 2.24) is 10.3 Å². The van der Waals surface area contributed by atoms with E-state index in [1.807, 2.05) is 32.0 Å². The lowest BCUT2D eigenvalue weighted by atomic mass is 10.1. The number of hydrogen-bond acceptors (Lipinski definition) is 4. The molecule has 0 saturated carbocycles. The molecule has 0 unspecified atom stereocenters. The van der Waals surface area contributed by atoms with Crippen LogP contribution in [0.2, 0.25) is 0 Å². The van der Waals surface area contributed by atoms with Gasteiger partial charge in [0.15, 0.2) is 5.96 Å². The lowest BCUT2D eigenvalue weighted by molar-refractivity contribution is -0.139. The lowest BCUT2D eigenvalue weighted by Crippen LogP contribution is -2.29. The molecule has 3 aromatic rings. The predicted molar refractivity (Wildman–Crippen MR) is 117 cm³/mol. The maximum Gasteiger partial charge on any atom is 0.419 e. The van der Waals surface area contributed by atoms with Crippen LogP contribution in [0.5, 0.6) is 0 Å². The van der Waals surface area contributed by atoms with Gasteiger partial charge in [-0.3, -0.25) is 5.41 Å². The van der Waals surface area contributed by atoms with Gasteiger partial charge in [-0.15, -0.1) is 23.1 Å². The summed E-state index contributed by atoms with van der Waals surface area (Å²) in [6.45, 7) is 4.29. The highest BCUT2D eigenvalue weighted by molar-refractivity contribution is 7.98. The molecule has 0 fully saturated rings. The van der Waals surface area contributed by atoms with Crippen molar-refractivity contribution in [1.29, 1.82) is 5.41 Å². The van der Waals surface area contributed by atoms with Crippen molar-refractivity contribution in [2.75, 3.05) is 0 Å². The summed E-state index contributed by atoms with van der Waals surface area (Å²) in [5, 5.41) is 10.5. The van der Waals surface area contributed by atoms with Gasteiger partial charge in [-0.25, -0.2) is 9.37 Å². The summed E-state index contributed by atoms with van der Waals surface area (Å²) in [6.07, 6.45) is -4.72. The fourth-order valence-corrected chi connectivity index (χ4v) is 5.06. The maximum atomic E-state index is 13.9. The first kappa shape index (κ1) is 23.1. The molecule has 3 rings (SSSR count). The molecular weight excluding hydrogens is 448 g/mol. The van der Waals surface area contributed by atoms with Gasteiger partial charge in [0.05, 0.1) is 11.3 Å². The van der Waals surface area contributed by atoms with Gasteiger partial charge in [-0.1, -0.05) is 12.1 Å². The number of aromatic nitrogens is 1. The summed E-state index contributed by atoms with van der Waals surface area (Å²) in [7, 11) is 0. The van der Waals surface area contributed by atoms with Crippen molar-refractivity contribution in [3.63, 3.8) is 0 Å². The van der Waals surface area contributed by atoms with Crippen LogP contribution in [0.25, 0.3) is 10.6 Å². The highest BCUT2D eigenvalue weighted by Crippen LogP contribution is 2.36. The van der Waals surface area contributed by atoms with Gasteiger partial charge in [-0.05, 0) is 49.2 Å². The molecule has 0 saturated heterocycles. The average Bonchev–Trinajstić information content (AvgIpc) is 3.05. The van der Waals surface area contributed by atoms with Crippen molar-refractivity contribution in [2.24, 2.45) is 5.73 Å². The number of alkyl halides is 3. The highest BCUT2D eigenvalue weighted by atomic mass is 32.2. The van der Waals surface area contributed by atoms with E-state index in [4.69, 9.17) is 11.1 Å². The predicted octanol–water partition coefficient (Wildman–Crippen LogP) is 5.86. The SMILES string of the molecule is Cc1cc(SCc2sc(-c3ccc(C(F)(F)F)c(F)c3)nc2C)ccc1CNC(=N)N. The smallest absolute Gasteiger partial charge is 0.370 e. The second kappa shape index (κ2) is 9.27. The molecule has 0 aliphatic carbocycles. The van der Waals surface area contributed by atoms with E-state index in [1.54, 1.807) is 11.8 Å². The van der Waals surface area contributed by atoms with E-state index in [0.29, 0.717) is 22.9 Å². The summed E-state index contributed by atoms with van der Waals surface area (Å²) in [5.74, 6) is -0.747. The molecule has 4 N–H and O–H groups in total. The Morgan fingerprint density at radius 2 is 1.94 bits per heavy atom. The molecule has 0 radical (unpaired) electrons. The second-order valence-electron chi connectivity index (χ2n) is 6.86. The second-order valence-corrected chi connectivity index (χ2v) is 9.00. The number of halogens is 4. The van der Waals surface area contributed by atoms with Crippen LogP contribution in [-0.4, -0.2) is 10.9 Å². The third kappa shape index (κ3) is 5.76. The standard InChI is InChI=1S/C21H20F4N4S2/c1-11-7-15(5-3-14(11)9-28-20(26)27)30-10-18-12(2)29-19(31-18)13-4-6-16(17(22)8-13)21(23,24)25/h3-8H,9-10H2,1-2H3,(H4,26,27,28). The number of thioether (sulfide) groups is 1. The van der Waals surface area contributed by atoms with Crippen LogP contribution in [0.4, 0.5) is 17.6 Å². The minimum Gasteiger partial charge on any atom is -0.370 e. The number of rotatable bonds is 6. The van der Waals surface area contributed by atoms with Crippen LogP contribution >= 0.6 is 23.1 Å². The first-order chi connectivity index (χ1) is 14.5. The van der Waals surface area contributed by atoms with Crippen LogP contribution in [-0.2, 0) is 18.5 Å². The largest absolute Gasteiger partial charge is 0.419 e. The molecule has 2 aromatic carbocycles. The van der Waals surface area contributed by atoms with E-state index < -0.39 is 17.6 Å². The number of guanidine groups is 1. The minimum atomic E-state index is -4.72. The average molecular weight is 469 g/mol. The molecule has 0 amide bonds. The minimum absolute atomic E-state index is 0.0812. The van der Waals surface area contributed by atoms with E-state index in [9.17, 15) is 17.6 Å². The molecule has 0 bridgehead atoms. The summed E-state index contributed by atoms with van der Waals surface area (Å²) in [6, 6.07) is 8.89. The van der Waals surface area contributed by atoms with E-state index in [1.165, 1.54) is 17.4 Å². The normalized spacial score (nSPS) is 11.5. The molecule has 4 nitrogen and oxygen atoms in total. The van der Waals surface area contributed by atoms with E-state index in [-0.39, 0.29) is 5.96 Å². The third-order valence-corrected chi connectivity index (χ3v) is 6.98. The maximum absolute atomic E-state index is 13.9. The van der Waals surface area contributed by atoms with E-state index in [2.05, 4.69) is 10.3 Å². The Kier molecular flexibility index (Phi) is 6.90. The third-order valence-electron chi connectivity index (χ3n) is 4.57. The zero-order valence-corrected chi connectivity index (χ0v) is 18.4. The van der Waals surface area contributed by atoms with Gasteiger partial charge < -0.3 is 11.1 Å². The molecule has 0 aliphatic rings. The van der Waals surface area contributed by atoms with Crippen molar-refractivity contribution < 1.29 is 17.6 Å². The van der Waals surface area contributed by atoms with Crippen molar-refractivity contribution in [3.05, 3.63) is 69.5 Å². The Bertz CT molecular complexity index is 1110. The van der Waals surface area contributed by atoms with E-state index >= 15 is 0 Å². The molecule has 31 heavy (non-hydrogen) atoms. The van der Waals surface area contributed by atoms with Gasteiger partial charge in [-0.2, -0.15) is 13.2 Å². The molecule has 0 atom stereocenters. The topological polar surface area (TPSA) is 74.8 Å². The molecule has 164 valence electrons. The summed E-state index contributed by atoms with van der Waals surface area (Å²) < 4.78 is 52.2. The highest BCUT2D eigenvalue weighted by Gasteiger charge is 2.34. The Morgan fingerprint density at radius 3 is 2.55 bits per heavy atom. The molecule has 1 aromatic heterocycles. The molecule has 0 aliphatic heterocycles. The fourth-order valence-electron chi connectivity index (χ4n) is 2.86. The number of nitrogens with two attached hydrogens (primary N) is 1. The van der Waals surface area contributed by atoms with Gasteiger partial charge in [0.25, 0.3) is 0 Å². The zero-order valence-electron chi connectivity index (χ0n) is 16.7. The number of aryl methyl sites for hydroxylation is 2. The Labute approximate surface area is 185 Å². The monoisotopic (exact) mass is 468 g/mol. The summed E-state index contributed by atoms with van der Waals surface area (Å²) in [5.41, 5.74) is 7.25. The van der Waals surface area contributed by atoms with Crippen molar-refractivity contribution >= 4 is 29.1 Å². The van der Waals surface area contributed by atoms with Crippen LogP contribution in [0.1, 0.15) is 27.3 Å². The molecule has 1 heterocycles. The number of benzene rings is 2. The summed E-state index contributed by atoms with van der Waals surface area (Å²) >= 11 is 2.96. The Morgan fingerprint density at radius 1 is 1.19 bits per heavy atom. The van der Waals surface area contributed by atoms with Gasteiger partial charge in [0.2, 0.25) is 0 Å². The van der Waals surface area contributed by atoms with Crippen LogP contribution < -0.4 is 11.1 Å². The number of hydrogen-bond donors (Lipinski definition) is 3.